The molecule has 1 atom stereocenters. The fourth-order valence-corrected chi connectivity index (χ4v) is 3.01. The van der Waals surface area contributed by atoms with Crippen LogP contribution in [0.3, 0.4) is 0 Å². The largest absolute Gasteiger partial charge is 0.368 e. The Kier molecular flexibility index (Phi) is 2.99. The maximum absolute atomic E-state index is 5.61. The van der Waals surface area contributed by atoms with E-state index in [1.165, 1.54) is 10.6 Å². The quantitative estimate of drug-likeness (QED) is 0.805. The van der Waals surface area contributed by atoms with Crippen LogP contribution >= 0.6 is 11.8 Å². The van der Waals surface area contributed by atoms with Crippen LogP contribution in [0.5, 0.6) is 0 Å². The average Bonchev–Trinajstić information content (AvgIpc) is 2.18. The first-order valence-corrected chi connectivity index (χ1v) is 5.90. The van der Waals surface area contributed by atoms with E-state index in [0.717, 1.165) is 19.6 Å². The molecular weight excluding hydrogens is 192 g/mol. The molecule has 2 nitrogen and oxygen atoms in total. The molecule has 1 heterocycles. The number of hydrogen-bond donors (Lipinski definition) is 1. The molecule has 2 rings (SSSR count). The molecule has 1 aromatic carbocycles. The first-order valence-electron chi connectivity index (χ1n) is 5.02. The molecule has 0 aromatic heterocycles. The number of para-hydroxylation sites is 1. The molecule has 0 saturated carbocycles. The van der Waals surface area contributed by atoms with Gasteiger partial charge in [0.2, 0.25) is 0 Å². The summed E-state index contributed by atoms with van der Waals surface area (Å²) in [6.45, 7) is 5.07. The highest BCUT2D eigenvalue weighted by molar-refractivity contribution is 8.00. The number of nitrogens with two attached hydrogens (primary N) is 1. The van der Waals surface area contributed by atoms with E-state index in [1.807, 2.05) is 11.8 Å². The standard InChI is InChI=1S/C11H16N2S/c1-9-8-13(7-6-12)10-4-2-3-5-11(10)14-9/h2-5,9H,6-8,12H2,1H3. The summed E-state index contributed by atoms with van der Waals surface area (Å²) in [5.74, 6) is 0. The van der Waals surface area contributed by atoms with Gasteiger partial charge in [-0.15, -0.1) is 11.8 Å². The molecule has 0 radical (unpaired) electrons. The summed E-state index contributed by atoms with van der Waals surface area (Å²) in [6, 6.07) is 8.58. The molecule has 3 heteroatoms. The Morgan fingerprint density at radius 1 is 1.50 bits per heavy atom. The highest BCUT2D eigenvalue weighted by Crippen LogP contribution is 2.37. The van der Waals surface area contributed by atoms with Gasteiger partial charge in [-0.25, -0.2) is 0 Å². The minimum atomic E-state index is 0.663. The Bertz CT molecular complexity index is 314. The van der Waals surface area contributed by atoms with Crippen molar-refractivity contribution in [2.45, 2.75) is 17.1 Å². The van der Waals surface area contributed by atoms with Crippen molar-refractivity contribution >= 4 is 17.4 Å². The fourth-order valence-electron chi connectivity index (χ4n) is 1.85. The highest BCUT2D eigenvalue weighted by Gasteiger charge is 2.20. The second kappa shape index (κ2) is 4.24. The van der Waals surface area contributed by atoms with Crippen molar-refractivity contribution in [3.63, 3.8) is 0 Å². The first kappa shape index (κ1) is 9.87. The molecule has 1 aliphatic heterocycles. The SMILES string of the molecule is CC1CN(CCN)c2ccccc2S1. The summed E-state index contributed by atoms with van der Waals surface area (Å²) in [5, 5.41) is 0.663. The topological polar surface area (TPSA) is 29.3 Å². The van der Waals surface area contributed by atoms with E-state index < -0.39 is 0 Å². The molecular formula is C11H16N2S. The van der Waals surface area contributed by atoms with Crippen LogP contribution in [-0.2, 0) is 0 Å². The number of benzene rings is 1. The lowest BCUT2D eigenvalue weighted by molar-refractivity contribution is 0.753. The predicted octanol–water partition coefficient (Wildman–Crippen LogP) is 1.95. The molecule has 2 N–H and O–H groups in total. The first-order chi connectivity index (χ1) is 6.81. The van der Waals surface area contributed by atoms with Crippen LogP contribution in [0.1, 0.15) is 6.92 Å². The Balaban J connectivity index is 2.28. The van der Waals surface area contributed by atoms with Gasteiger partial charge in [-0.05, 0) is 12.1 Å². The van der Waals surface area contributed by atoms with E-state index in [2.05, 4.69) is 36.1 Å². The Hall–Kier alpha value is -0.670. The highest BCUT2D eigenvalue weighted by atomic mass is 32.2. The number of nitrogens with zero attached hydrogens (tertiary/aromatic N) is 1. The van der Waals surface area contributed by atoms with Gasteiger partial charge in [-0.1, -0.05) is 19.1 Å². The lowest BCUT2D eigenvalue weighted by Gasteiger charge is -2.33. The molecule has 0 aliphatic carbocycles. The van der Waals surface area contributed by atoms with Gasteiger partial charge in [0.05, 0.1) is 5.69 Å². The van der Waals surface area contributed by atoms with E-state index in [9.17, 15) is 0 Å². The third kappa shape index (κ3) is 1.88. The summed E-state index contributed by atoms with van der Waals surface area (Å²) in [4.78, 5) is 3.77. The van der Waals surface area contributed by atoms with Gasteiger partial charge in [0, 0.05) is 29.8 Å². The maximum Gasteiger partial charge on any atom is 0.0505 e. The maximum atomic E-state index is 5.61. The Morgan fingerprint density at radius 3 is 3.07 bits per heavy atom. The molecule has 0 amide bonds. The van der Waals surface area contributed by atoms with Crippen molar-refractivity contribution in [1.29, 1.82) is 0 Å². The smallest absolute Gasteiger partial charge is 0.0505 e. The average molecular weight is 208 g/mol. The van der Waals surface area contributed by atoms with Crippen LogP contribution in [0.15, 0.2) is 29.2 Å². The van der Waals surface area contributed by atoms with Gasteiger partial charge >= 0.3 is 0 Å². The summed E-state index contributed by atoms with van der Waals surface area (Å²) in [6.07, 6.45) is 0. The number of hydrogen-bond acceptors (Lipinski definition) is 3. The molecule has 0 spiro atoms. The van der Waals surface area contributed by atoms with Gasteiger partial charge in [-0.2, -0.15) is 0 Å². The minimum Gasteiger partial charge on any atom is -0.368 e. The molecule has 0 bridgehead atoms. The third-order valence-electron chi connectivity index (χ3n) is 2.41. The summed E-state index contributed by atoms with van der Waals surface area (Å²) >= 11 is 1.96. The van der Waals surface area contributed by atoms with Gasteiger partial charge in [0.25, 0.3) is 0 Å². The summed E-state index contributed by atoms with van der Waals surface area (Å²) < 4.78 is 0. The molecule has 1 unspecified atom stereocenters. The van der Waals surface area contributed by atoms with E-state index in [-0.39, 0.29) is 0 Å². The molecule has 14 heavy (non-hydrogen) atoms. The van der Waals surface area contributed by atoms with Gasteiger partial charge in [0.1, 0.15) is 0 Å². The number of fused-ring (bicyclic) bond motifs is 1. The van der Waals surface area contributed by atoms with E-state index >= 15 is 0 Å². The Morgan fingerprint density at radius 2 is 2.29 bits per heavy atom. The molecule has 1 aliphatic rings. The number of anilines is 1. The zero-order valence-electron chi connectivity index (χ0n) is 8.44. The van der Waals surface area contributed by atoms with Crippen LogP contribution in [0.2, 0.25) is 0 Å². The van der Waals surface area contributed by atoms with E-state index in [4.69, 9.17) is 5.73 Å². The van der Waals surface area contributed by atoms with Crippen molar-refractivity contribution in [2.24, 2.45) is 5.73 Å². The van der Waals surface area contributed by atoms with Gasteiger partial charge in [0.15, 0.2) is 0 Å². The van der Waals surface area contributed by atoms with Crippen LogP contribution < -0.4 is 10.6 Å². The fraction of sp³-hybridized carbons (Fsp3) is 0.455. The van der Waals surface area contributed by atoms with Crippen molar-refractivity contribution in [3.05, 3.63) is 24.3 Å². The lowest BCUT2D eigenvalue weighted by atomic mass is 10.2. The number of thioether (sulfide) groups is 1. The summed E-state index contributed by atoms with van der Waals surface area (Å²) in [7, 11) is 0. The zero-order chi connectivity index (χ0) is 9.97. The van der Waals surface area contributed by atoms with Crippen LogP contribution in [0, 0.1) is 0 Å². The van der Waals surface area contributed by atoms with Crippen LogP contribution in [0.4, 0.5) is 5.69 Å². The van der Waals surface area contributed by atoms with Gasteiger partial charge < -0.3 is 10.6 Å². The minimum absolute atomic E-state index is 0.663. The third-order valence-corrected chi connectivity index (χ3v) is 3.56. The molecule has 0 saturated heterocycles. The monoisotopic (exact) mass is 208 g/mol. The van der Waals surface area contributed by atoms with E-state index in [0.29, 0.717) is 5.25 Å². The second-order valence-electron chi connectivity index (χ2n) is 3.63. The van der Waals surface area contributed by atoms with E-state index in [1.54, 1.807) is 0 Å². The zero-order valence-corrected chi connectivity index (χ0v) is 9.26. The van der Waals surface area contributed by atoms with Crippen molar-refractivity contribution in [3.8, 4) is 0 Å². The number of rotatable bonds is 2. The Labute approximate surface area is 89.5 Å². The normalized spacial score (nSPS) is 20.7. The second-order valence-corrected chi connectivity index (χ2v) is 5.11. The molecule has 76 valence electrons. The van der Waals surface area contributed by atoms with Gasteiger partial charge in [-0.3, -0.25) is 0 Å². The predicted molar refractivity (Wildman–Crippen MR) is 63.0 cm³/mol. The van der Waals surface area contributed by atoms with Crippen LogP contribution in [-0.4, -0.2) is 24.9 Å². The van der Waals surface area contributed by atoms with Crippen molar-refractivity contribution < 1.29 is 0 Å². The summed E-state index contributed by atoms with van der Waals surface area (Å²) in [5.41, 5.74) is 6.96. The molecule has 0 fully saturated rings. The van der Waals surface area contributed by atoms with Crippen molar-refractivity contribution in [2.75, 3.05) is 24.5 Å². The van der Waals surface area contributed by atoms with Crippen LogP contribution in [0.25, 0.3) is 0 Å². The lowest BCUT2D eigenvalue weighted by Crippen LogP contribution is -2.36. The van der Waals surface area contributed by atoms with Crippen molar-refractivity contribution in [1.82, 2.24) is 0 Å². The molecule has 1 aromatic rings.